The smallest absolute Gasteiger partial charge is 0.313 e. The number of hydrogen-bond donors (Lipinski definition) is 1. The molecule has 1 aliphatic carbocycles. The lowest BCUT2D eigenvalue weighted by Gasteiger charge is -2.26. The van der Waals surface area contributed by atoms with Crippen molar-refractivity contribution in [2.75, 3.05) is 18.5 Å². The van der Waals surface area contributed by atoms with Gasteiger partial charge in [0.1, 0.15) is 5.82 Å². The van der Waals surface area contributed by atoms with Gasteiger partial charge >= 0.3 is 5.97 Å². The number of anilines is 1. The van der Waals surface area contributed by atoms with Crippen molar-refractivity contribution in [1.29, 1.82) is 0 Å². The first kappa shape index (κ1) is 13.8. The van der Waals surface area contributed by atoms with Crippen molar-refractivity contribution in [3.8, 4) is 0 Å². The predicted molar refractivity (Wildman–Crippen MR) is 72.8 cm³/mol. The Kier molecular flexibility index (Phi) is 4.35. The Hall–Kier alpha value is -1.65. The van der Waals surface area contributed by atoms with Gasteiger partial charge in [-0.15, -0.1) is 0 Å². The number of nitrogens with zero attached hydrogens (tertiary/aromatic N) is 2. The Labute approximate surface area is 113 Å². The van der Waals surface area contributed by atoms with Gasteiger partial charge in [0.05, 0.1) is 23.9 Å². The number of ether oxygens (including phenoxy) is 1. The molecule has 0 amide bonds. The van der Waals surface area contributed by atoms with Crippen LogP contribution in [0.1, 0.15) is 38.3 Å². The van der Waals surface area contributed by atoms with Gasteiger partial charge in [-0.1, -0.05) is 12.8 Å². The van der Waals surface area contributed by atoms with Crippen molar-refractivity contribution >= 4 is 11.8 Å². The molecule has 19 heavy (non-hydrogen) atoms. The van der Waals surface area contributed by atoms with Crippen LogP contribution in [0.15, 0.2) is 12.4 Å². The summed E-state index contributed by atoms with van der Waals surface area (Å²) in [4.78, 5) is 20.6. The van der Waals surface area contributed by atoms with Gasteiger partial charge in [0.15, 0.2) is 0 Å². The second-order valence-corrected chi connectivity index (χ2v) is 5.11. The summed E-state index contributed by atoms with van der Waals surface area (Å²) < 4.78 is 5.23. The zero-order chi connectivity index (χ0) is 13.7. The van der Waals surface area contributed by atoms with E-state index in [0.29, 0.717) is 13.2 Å². The third kappa shape index (κ3) is 3.22. The lowest BCUT2D eigenvalue weighted by molar-refractivity contribution is -0.154. The maximum absolute atomic E-state index is 12.2. The fraction of sp³-hybridized carbons (Fsp3) is 0.643. The monoisotopic (exact) mass is 263 g/mol. The van der Waals surface area contributed by atoms with Crippen molar-refractivity contribution in [2.45, 2.75) is 39.5 Å². The van der Waals surface area contributed by atoms with Gasteiger partial charge in [0.2, 0.25) is 0 Å². The van der Waals surface area contributed by atoms with E-state index in [1.807, 2.05) is 13.8 Å². The van der Waals surface area contributed by atoms with Gasteiger partial charge < -0.3 is 10.1 Å². The van der Waals surface area contributed by atoms with Crippen LogP contribution in [-0.2, 0) is 9.53 Å². The summed E-state index contributed by atoms with van der Waals surface area (Å²) in [7, 11) is 0. The Bertz CT molecular complexity index is 442. The summed E-state index contributed by atoms with van der Waals surface area (Å²) >= 11 is 0. The molecule has 1 N–H and O–H groups in total. The van der Waals surface area contributed by atoms with Crippen molar-refractivity contribution in [3.05, 3.63) is 18.1 Å². The third-order valence-electron chi connectivity index (χ3n) is 3.63. The molecule has 2 rings (SSSR count). The van der Waals surface area contributed by atoms with Crippen molar-refractivity contribution < 1.29 is 9.53 Å². The number of aromatic nitrogens is 2. The molecular formula is C14H21N3O2. The van der Waals surface area contributed by atoms with E-state index in [1.54, 1.807) is 12.4 Å². The molecule has 1 aliphatic rings. The first-order valence-electron chi connectivity index (χ1n) is 6.86. The van der Waals surface area contributed by atoms with E-state index in [4.69, 9.17) is 4.74 Å². The lowest BCUT2D eigenvalue weighted by atomic mass is 9.86. The molecule has 0 unspecified atom stereocenters. The van der Waals surface area contributed by atoms with Crippen LogP contribution in [0.25, 0.3) is 0 Å². The maximum atomic E-state index is 12.2. The summed E-state index contributed by atoms with van der Waals surface area (Å²) in [6, 6.07) is 0. The van der Waals surface area contributed by atoms with Crippen LogP contribution in [0.3, 0.4) is 0 Å². The number of carbonyl (C=O) groups excluding carboxylic acids is 1. The molecule has 0 spiro atoms. The molecule has 104 valence electrons. The van der Waals surface area contributed by atoms with E-state index in [1.165, 1.54) is 0 Å². The molecule has 0 radical (unpaired) electrons. The summed E-state index contributed by atoms with van der Waals surface area (Å²) in [5.74, 6) is 0.635. The highest BCUT2D eigenvalue weighted by molar-refractivity contribution is 5.78. The van der Waals surface area contributed by atoms with Gasteiger partial charge in [0, 0.05) is 12.7 Å². The molecule has 1 fully saturated rings. The Morgan fingerprint density at radius 3 is 2.79 bits per heavy atom. The Morgan fingerprint density at radius 1 is 1.42 bits per heavy atom. The van der Waals surface area contributed by atoms with Crippen LogP contribution in [-0.4, -0.2) is 29.1 Å². The average molecular weight is 263 g/mol. The van der Waals surface area contributed by atoms with E-state index in [9.17, 15) is 4.79 Å². The summed E-state index contributed by atoms with van der Waals surface area (Å²) in [6.07, 6.45) is 7.33. The zero-order valence-corrected chi connectivity index (χ0v) is 11.6. The first-order valence-corrected chi connectivity index (χ1v) is 6.86. The minimum atomic E-state index is -0.387. The van der Waals surface area contributed by atoms with Crippen molar-refractivity contribution in [1.82, 2.24) is 9.97 Å². The predicted octanol–water partition coefficient (Wildman–Crippen LogP) is 2.32. The number of carbonyl (C=O) groups is 1. The van der Waals surface area contributed by atoms with Crippen LogP contribution < -0.4 is 5.32 Å². The second kappa shape index (κ2) is 5.99. The molecule has 5 heteroatoms. The Morgan fingerprint density at radius 2 is 2.16 bits per heavy atom. The van der Waals surface area contributed by atoms with Gasteiger partial charge in [-0.05, 0) is 26.7 Å². The highest BCUT2D eigenvalue weighted by atomic mass is 16.5. The molecule has 0 saturated heterocycles. The number of hydrogen-bond acceptors (Lipinski definition) is 5. The number of nitrogens with one attached hydrogen (secondary N) is 1. The normalized spacial score (nSPS) is 17.2. The van der Waals surface area contributed by atoms with E-state index >= 15 is 0 Å². The standard InChI is InChI=1S/C14H21N3O2/c1-3-19-13(18)14(6-4-5-7-14)10-16-12-9-15-8-11(2)17-12/h8-9H,3-7,10H2,1-2H3,(H,16,17). The number of aryl methyl sites for hydroxylation is 1. The maximum Gasteiger partial charge on any atom is 0.313 e. The first-order chi connectivity index (χ1) is 9.16. The van der Waals surface area contributed by atoms with Crippen LogP contribution in [0.5, 0.6) is 0 Å². The molecule has 1 heterocycles. The van der Waals surface area contributed by atoms with Crippen molar-refractivity contribution in [3.63, 3.8) is 0 Å². The minimum Gasteiger partial charge on any atom is -0.466 e. The molecule has 0 aromatic carbocycles. The molecule has 1 saturated carbocycles. The fourth-order valence-corrected chi connectivity index (χ4v) is 2.60. The van der Waals surface area contributed by atoms with E-state index in [2.05, 4.69) is 15.3 Å². The van der Waals surface area contributed by atoms with E-state index in [0.717, 1.165) is 37.2 Å². The number of esters is 1. The molecule has 0 bridgehead atoms. The second-order valence-electron chi connectivity index (χ2n) is 5.11. The molecule has 1 aromatic rings. The van der Waals surface area contributed by atoms with Gasteiger partial charge in [-0.25, -0.2) is 4.98 Å². The van der Waals surface area contributed by atoms with E-state index < -0.39 is 0 Å². The molecule has 1 aromatic heterocycles. The third-order valence-corrected chi connectivity index (χ3v) is 3.63. The highest BCUT2D eigenvalue weighted by Crippen LogP contribution is 2.39. The van der Waals surface area contributed by atoms with Crippen LogP contribution in [0.4, 0.5) is 5.82 Å². The van der Waals surface area contributed by atoms with E-state index in [-0.39, 0.29) is 11.4 Å². The average Bonchev–Trinajstić information content (AvgIpc) is 2.87. The molecule has 0 aliphatic heterocycles. The SMILES string of the molecule is CCOC(=O)C1(CNc2cncc(C)n2)CCCC1. The van der Waals surface area contributed by atoms with Crippen molar-refractivity contribution in [2.24, 2.45) is 5.41 Å². The quantitative estimate of drug-likeness (QED) is 0.826. The van der Waals surface area contributed by atoms with Crippen LogP contribution in [0, 0.1) is 12.3 Å². The zero-order valence-electron chi connectivity index (χ0n) is 11.6. The van der Waals surface area contributed by atoms with Gasteiger partial charge in [-0.3, -0.25) is 9.78 Å². The van der Waals surface area contributed by atoms with Crippen LogP contribution in [0.2, 0.25) is 0 Å². The number of rotatable bonds is 5. The molecule has 0 atom stereocenters. The summed E-state index contributed by atoms with van der Waals surface area (Å²) in [5, 5.41) is 3.23. The topological polar surface area (TPSA) is 64.1 Å². The largest absolute Gasteiger partial charge is 0.466 e. The van der Waals surface area contributed by atoms with Gasteiger partial charge in [-0.2, -0.15) is 0 Å². The summed E-state index contributed by atoms with van der Waals surface area (Å²) in [6.45, 7) is 4.75. The minimum absolute atomic E-state index is 0.0828. The molecular weight excluding hydrogens is 242 g/mol. The summed E-state index contributed by atoms with van der Waals surface area (Å²) in [5.41, 5.74) is 0.475. The highest BCUT2D eigenvalue weighted by Gasteiger charge is 2.42. The molecule has 5 nitrogen and oxygen atoms in total. The van der Waals surface area contributed by atoms with Gasteiger partial charge in [0.25, 0.3) is 0 Å². The fourth-order valence-electron chi connectivity index (χ4n) is 2.60. The Balaban J connectivity index is 2.03. The van der Waals surface area contributed by atoms with Crippen LogP contribution >= 0.6 is 0 Å². The lowest BCUT2D eigenvalue weighted by Crippen LogP contribution is -2.37.